The van der Waals surface area contributed by atoms with Gasteiger partial charge in [-0.25, -0.2) is 4.79 Å². The van der Waals surface area contributed by atoms with E-state index in [0.29, 0.717) is 22.9 Å². The number of methoxy groups -OCH3 is 3. The van der Waals surface area contributed by atoms with Crippen LogP contribution in [0.5, 0.6) is 17.2 Å². The van der Waals surface area contributed by atoms with Gasteiger partial charge < -0.3 is 24.8 Å². The molecule has 0 saturated heterocycles. The predicted molar refractivity (Wildman–Crippen MR) is 93.1 cm³/mol. The predicted octanol–water partition coefficient (Wildman–Crippen LogP) is 3.60. The summed E-state index contributed by atoms with van der Waals surface area (Å²) in [7, 11) is 4.58. The van der Waals surface area contributed by atoms with Gasteiger partial charge in [0.15, 0.2) is 11.5 Å². The van der Waals surface area contributed by atoms with E-state index < -0.39 is 0 Å². The highest BCUT2D eigenvalue weighted by molar-refractivity contribution is 5.90. The zero-order chi connectivity index (χ0) is 17.5. The van der Waals surface area contributed by atoms with Gasteiger partial charge in [0.25, 0.3) is 0 Å². The fourth-order valence-electron chi connectivity index (χ4n) is 2.34. The summed E-state index contributed by atoms with van der Waals surface area (Å²) in [5, 5.41) is 5.66. The molecule has 0 spiro atoms. The fourth-order valence-corrected chi connectivity index (χ4v) is 2.34. The van der Waals surface area contributed by atoms with Crippen LogP contribution in [0.25, 0.3) is 0 Å². The molecular formula is C18H22N2O4. The van der Waals surface area contributed by atoms with Crippen molar-refractivity contribution in [3.63, 3.8) is 0 Å². The van der Waals surface area contributed by atoms with E-state index in [1.165, 1.54) is 21.3 Å². The molecule has 0 aliphatic rings. The van der Waals surface area contributed by atoms with Crippen molar-refractivity contribution in [2.24, 2.45) is 0 Å². The Morgan fingerprint density at radius 1 is 0.958 bits per heavy atom. The SMILES string of the molecule is COc1cc(NC(=O)N[C@H](C)c2ccccc2)cc(OC)c1OC. The summed E-state index contributed by atoms with van der Waals surface area (Å²) in [6, 6.07) is 12.6. The molecule has 6 heteroatoms. The van der Waals surface area contributed by atoms with Crippen LogP contribution in [0, 0.1) is 0 Å². The van der Waals surface area contributed by atoms with Crippen LogP contribution in [0.4, 0.5) is 10.5 Å². The monoisotopic (exact) mass is 330 g/mol. The Labute approximate surface area is 141 Å². The van der Waals surface area contributed by atoms with E-state index in [9.17, 15) is 4.79 Å². The standard InChI is InChI=1S/C18H22N2O4/c1-12(13-8-6-5-7-9-13)19-18(21)20-14-10-15(22-2)17(24-4)16(11-14)23-3/h5-12H,1-4H3,(H2,19,20,21)/t12-/m1/s1. The van der Waals surface area contributed by atoms with Crippen molar-refractivity contribution in [3.8, 4) is 17.2 Å². The van der Waals surface area contributed by atoms with E-state index in [4.69, 9.17) is 14.2 Å². The summed E-state index contributed by atoms with van der Waals surface area (Å²) in [6.07, 6.45) is 0. The first-order chi connectivity index (χ1) is 11.6. The number of rotatable bonds is 6. The molecule has 2 rings (SSSR count). The molecule has 0 unspecified atom stereocenters. The van der Waals surface area contributed by atoms with Gasteiger partial charge in [0.2, 0.25) is 5.75 Å². The lowest BCUT2D eigenvalue weighted by Crippen LogP contribution is -2.31. The number of urea groups is 1. The molecule has 1 atom stereocenters. The molecule has 128 valence electrons. The van der Waals surface area contributed by atoms with E-state index in [0.717, 1.165) is 5.56 Å². The first-order valence-electron chi connectivity index (χ1n) is 7.51. The molecule has 0 fully saturated rings. The van der Waals surface area contributed by atoms with Crippen molar-refractivity contribution in [3.05, 3.63) is 48.0 Å². The van der Waals surface area contributed by atoms with Gasteiger partial charge in [-0.1, -0.05) is 30.3 Å². The molecule has 0 aliphatic heterocycles. The van der Waals surface area contributed by atoms with Crippen LogP contribution in [0.2, 0.25) is 0 Å². The minimum atomic E-state index is -0.319. The maximum absolute atomic E-state index is 12.2. The number of anilines is 1. The first-order valence-corrected chi connectivity index (χ1v) is 7.51. The van der Waals surface area contributed by atoms with Crippen molar-refractivity contribution < 1.29 is 19.0 Å². The largest absolute Gasteiger partial charge is 0.493 e. The molecule has 2 amide bonds. The zero-order valence-electron chi connectivity index (χ0n) is 14.3. The van der Waals surface area contributed by atoms with Crippen LogP contribution in [0.15, 0.2) is 42.5 Å². The van der Waals surface area contributed by atoms with E-state index in [1.54, 1.807) is 12.1 Å². The Bertz CT molecular complexity index is 664. The molecule has 0 radical (unpaired) electrons. The van der Waals surface area contributed by atoms with E-state index >= 15 is 0 Å². The second-order valence-electron chi connectivity index (χ2n) is 5.14. The molecule has 2 aromatic carbocycles. The van der Waals surface area contributed by atoms with Crippen LogP contribution in [0.1, 0.15) is 18.5 Å². The number of hydrogen-bond donors (Lipinski definition) is 2. The Kier molecular flexibility index (Phi) is 5.89. The van der Waals surface area contributed by atoms with Gasteiger partial charge in [-0.15, -0.1) is 0 Å². The number of carbonyl (C=O) groups is 1. The molecule has 0 aliphatic carbocycles. The third-order valence-corrected chi connectivity index (χ3v) is 3.57. The summed E-state index contributed by atoms with van der Waals surface area (Å²) in [4.78, 5) is 12.2. The maximum atomic E-state index is 12.2. The van der Waals surface area contributed by atoms with E-state index in [2.05, 4.69) is 10.6 Å². The lowest BCUT2D eigenvalue weighted by Gasteiger charge is -2.17. The fraction of sp³-hybridized carbons (Fsp3) is 0.278. The Hall–Kier alpha value is -2.89. The molecule has 0 heterocycles. The summed E-state index contributed by atoms with van der Waals surface area (Å²) in [5.74, 6) is 1.43. The quantitative estimate of drug-likeness (QED) is 0.849. The Morgan fingerprint density at radius 3 is 2.04 bits per heavy atom. The van der Waals surface area contributed by atoms with Gasteiger partial charge in [-0.05, 0) is 12.5 Å². The van der Waals surface area contributed by atoms with Crippen LogP contribution < -0.4 is 24.8 Å². The number of carbonyl (C=O) groups excluding carboxylic acids is 1. The van der Waals surface area contributed by atoms with Gasteiger partial charge in [0, 0.05) is 12.1 Å². The van der Waals surface area contributed by atoms with Crippen LogP contribution in [0.3, 0.4) is 0 Å². The van der Waals surface area contributed by atoms with Crippen molar-refractivity contribution in [2.45, 2.75) is 13.0 Å². The van der Waals surface area contributed by atoms with Crippen molar-refractivity contribution >= 4 is 11.7 Å². The van der Waals surface area contributed by atoms with Crippen LogP contribution in [-0.4, -0.2) is 27.4 Å². The van der Waals surface area contributed by atoms with Gasteiger partial charge in [-0.3, -0.25) is 0 Å². The average molecular weight is 330 g/mol. The highest BCUT2D eigenvalue weighted by atomic mass is 16.5. The second-order valence-corrected chi connectivity index (χ2v) is 5.14. The normalized spacial score (nSPS) is 11.3. The number of nitrogens with one attached hydrogen (secondary N) is 2. The maximum Gasteiger partial charge on any atom is 0.319 e. The molecule has 2 N–H and O–H groups in total. The zero-order valence-corrected chi connectivity index (χ0v) is 14.3. The van der Waals surface area contributed by atoms with Gasteiger partial charge >= 0.3 is 6.03 Å². The summed E-state index contributed by atoms with van der Waals surface area (Å²) in [5.41, 5.74) is 1.57. The molecule has 2 aromatic rings. The minimum absolute atomic E-state index is 0.117. The first kappa shape index (κ1) is 17.5. The Balaban J connectivity index is 2.11. The lowest BCUT2D eigenvalue weighted by molar-refractivity contribution is 0.249. The van der Waals surface area contributed by atoms with E-state index in [-0.39, 0.29) is 12.1 Å². The van der Waals surface area contributed by atoms with Crippen molar-refractivity contribution in [1.82, 2.24) is 5.32 Å². The highest BCUT2D eigenvalue weighted by Gasteiger charge is 2.15. The van der Waals surface area contributed by atoms with Crippen molar-refractivity contribution in [1.29, 1.82) is 0 Å². The summed E-state index contributed by atoms with van der Waals surface area (Å²) >= 11 is 0. The Morgan fingerprint density at radius 2 is 1.54 bits per heavy atom. The molecular weight excluding hydrogens is 308 g/mol. The topological polar surface area (TPSA) is 68.8 Å². The summed E-state index contributed by atoms with van der Waals surface area (Å²) in [6.45, 7) is 1.92. The van der Waals surface area contributed by atoms with Gasteiger partial charge in [0.1, 0.15) is 0 Å². The number of hydrogen-bond acceptors (Lipinski definition) is 4. The number of ether oxygens (including phenoxy) is 3. The number of amides is 2. The second kappa shape index (κ2) is 8.10. The van der Waals surface area contributed by atoms with E-state index in [1.807, 2.05) is 37.3 Å². The molecule has 0 saturated carbocycles. The smallest absolute Gasteiger partial charge is 0.319 e. The lowest BCUT2D eigenvalue weighted by atomic mass is 10.1. The van der Waals surface area contributed by atoms with Crippen molar-refractivity contribution in [2.75, 3.05) is 26.6 Å². The van der Waals surface area contributed by atoms with Gasteiger partial charge in [-0.2, -0.15) is 0 Å². The average Bonchev–Trinajstić information content (AvgIpc) is 2.61. The molecule has 24 heavy (non-hydrogen) atoms. The highest BCUT2D eigenvalue weighted by Crippen LogP contribution is 2.39. The minimum Gasteiger partial charge on any atom is -0.493 e. The third kappa shape index (κ3) is 4.10. The summed E-state index contributed by atoms with van der Waals surface area (Å²) < 4.78 is 15.8. The van der Waals surface area contributed by atoms with Crippen LogP contribution in [-0.2, 0) is 0 Å². The molecule has 0 aromatic heterocycles. The molecule has 0 bridgehead atoms. The van der Waals surface area contributed by atoms with Gasteiger partial charge in [0.05, 0.1) is 33.1 Å². The van der Waals surface area contributed by atoms with Crippen LogP contribution >= 0.6 is 0 Å². The third-order valence-electron chi connectivity index (χ3n) is 3.57. The molecule has 6 nitrogen and oxygen atoms in total. The number of benzene rings is 2.